The Morgan fingerprint density at radius 1 is 1.06 bits per heavy atom. The van der Waals surface area contributed by atoms with Crippen molar-refractivity contribution >= 4 is 27.6 Å². The number of halogens is 1. The first-order chi connectivity index (χ1) is 17.3. The fourth-order valence-corrected chi connectivity index (χ4v) is 4.39. The number of methoxy groups -OCH3 is 2. The van der Waals surface area contributed by atoms with Gasteiger partial charge in [-0.1, -0.05) is 11.6 Å². The predicted octanol–water partition coefficient (Wildman–Crippen LogP) is 2.05. The van der Waals surface area contributed by atoms with Crippen molar-refractivity contribution in [1.82, 2.24) is 34.7 Å². The molecule has 188 valence electrons. The Morgan fingerprint density at radius 3 is 2.44 bits per heavy atom. The third-order valence-corrected chi connectivity index (χ3v) is 7.04. The largest absolute Gasteiger partial charge is 0.494 e. The molecule has 0 amide bonds. The molecule has 4 aromatic heterocycles. The zero-order valence-corrected chi connectivity index (χ0v) is 20.8. The average Bonchev–Trinajstić information content (AvgIpc) is 3.30. The summed E-state index contributed by atoms with van der Waals surface area (Å²) in [4.78, 5) is 16.1. The highest BCUT2D eigenvalue weighted by molar-refractivity contribution is 7.93. The fourth-order valence-electron chi connectivity index (χ4n) is 3.26. The second-order valence-corrected chi connectivity index (χ2v) is 9.83. The van der Waals surface area contributed by atoms with Gasteiger partial charge in [-0.3, -0.25) is 14.3 Å². The maximum absolute atomic E-state index is 13.3. The number of anilines is 1. The van der Waals surface area contributed by atoms with Crippen LogP contribution < -0.4 is 14.2 Å². The van der Waals surface area contributed by atoms with E-state index in [-0.39, 0.29) is 34.2 Å². The van der Waals surface area contributed by atoms with E-state index in [0.29, 0.717) is 11.3 Å². The molecule has 0 aliphatic rings. The molecule has 0 radical (unpaired) electrons. The Kier molecular flexibility index (Phi) is 7.28. The number of hydrogen-bond donors (Lipinski definition) is 2. The lowest BCUT2D eigenvalue weighted by atomic mass is 10.2. The lowest BCUT2D eigenvalue weighted by molar-refractivity contribution is 0.166. The molecule has 0 saturated heterocycles. The van der Waals surface area contributed by atoms with Crippen molar-refractivity contribution < 1.29 is 23.0 Å². The molecule has 0 unspecified atom stereocenters. The summed E-state index contributed by atoms with van der Waals surface area (Å²) in [7, 11) is -1.41. The summed E-state index contributed by atoms with van der Waals surface area (Å²) in [5.41, 5.74) is 0.782. The number of sulfonamides is 1. The standard InChI is InChI=1S/C21H21ClN8O5S/c1-12(17(31)18-25-10-14(22)11-26-18)36(32,33)29-21-28-27-19(13-5-4-7-23-9-13)30(21)16-15(34-2)6-8-24-20(16)35-3/h4-12,17,31H,1-3H3,(H,28,29)/t12-,17-/m1/s1. The Labute approximate surface area is 211 Å². The van der Waals surface area contributed by atoms with Gasteiger partial charge >= 0.3 is 0 Å². The Balaban J connectivity index is 1.81. The van der Waals surface area contributed by atoms with Crippen LogP contribution >= 0.6 is 11.6 Å². The molecule has 2 atom stereocenters. The van der Waals surface area contributed by atoms with Crippen molar-refractivity contribution in [2.75, 3.05) is 18.9 Å². The van der Waals surface area contributed by atoms with Gasteiger partial charge in [-0.25, -0.2) is 23.4 Å². The van der Waals surface area contributed by atoms with Gasteiger partial charge in [-0.2, -0.15) is 0 Å². The number of hydrogen-bond acceptors (Lipinski definition) is 11. The minimum atomic E-state index is -4.26. The van der Waals surface area contributed by atoms with Crippen LogP contribution in [0.2, 0.25) is 5.02 Å². The van der Waals surface area contributed by atoms with E-state index < -0.39 is 21.4 Å². The summed E-state index contributed by atoms with van der Waals surface area (Å²) in [5.74, 6) is 0.372. The van der Waals surface area contributed by atoms with Crippen molar-refractivity contribution in [3.63, 3.8) is 0 Å². The van der Waals surface area contributed by atoms with Gasteiger partial charge in [-0.05, 0) is 19.1 Å². The number of aliphatic hydroxyl groups is 1. The normalized spacial score (nSPS) is 13.1. The molecule has 36 heavy (non-hydrogen) atoms. The summed E-state index contributed by atoms with van der Waals surface area (Å²) >= 11 is 5.79. The molecule has 4 aromatic rings. The van der Waals surface area contributed by atoms with Crippen LogP contribution in [0.4, 0.5) is 5.95 Å². The summed E-state index contributed by atoms with van der Waals surface area (Å²) in [6.45, 7) is 1.30. The molecule has 0 saturated carbocycles. The maximum atomic E-state index is 13.3. The van der Waals surface area contributed by atoms with Crippen LogP contribution in [0.15, 0.2) is 49.2 Å². The summed E-state index contributed by atoms with van der Waals surface area (Å²) in [6.07, 6.45) is 5.56. The summed E-state index contributed by atoms with van der Waals surface area (Å²) in [6, 6.07) is 5.00. The van der Waals surface area contributed by atoms with E-state index in [9.17, 15) is 13.5 Å². The van der Waals surface area contributed by atoms with Crippen LogP contribution in [0.5, 0.6) is 11.6 Å². The van der Waals surface area contributed by atoms with E-state index in [1.807, 2.05) is 0 Å². The van der Waals surface area contributed by atoms with Crippen LogP contribution in [0.3, 0.4) is 0 Å². The Hall–Kier alpha value is -3.88. The van der Waals surface area contributed by atoms with Gasteiger partial charge in [0, 0.05) is 42.6 Å². The molecule has 4 heterocycles. The van der Waals surface area contributed by atoms with Crippen LogP contribution in [-0.4, -0.2) is 67.7 Å². The van der Waals surface area contributed by atoms with Crippen LogP contribution in [-0.2, 0) is 10.0 Å². The first kappa shape index (κ1) is 25.2. The van der Waals surface area contributed by atoms with Gasteiger partial charge < -0.3 is 14.6 Å². The van der Waals surface area contributed by atoms with Gasteiger partial charge in [-0.15, -0.1) is 10.2 Å². The molecule has 0 fully saturated rings. The third-order valence-electron chi connectivity index (χ3n) is 5.15. The zero-order chi connectivity index (χ0) is 25.9. The first-order valence-electron chi connectivity index (χ1n) is 10.4. The molecule has 0 bridgehead atoms. The Bertz CT molecular complexity index is 1430. The van der Waals surface area contributed by atoms with E-state index in [0.717, 1.165) is 0 Å². The minimum absolute atomic E-state index is 0.106. The minimum Gasteiger partial charge on any atom is -0.494 e. The van der Waals surface area contributed by atoms with E-state index in [2.05, 4.69) is 34.9 Å². The topological polar surface area (TPSA) is 167 Å². The molecular formula is C21H21ClN8O5S. The van der Waals surface area contributed by atoms with Gasteiger partial charge in [0.05, 0.1) is 19.2 Å². The van der Waals surface area contributed by atoms with Crippen LogP contribution in [0, 0.1) is 0 Å². The van der Waals surface area contributed by atoms with E-state index in [4.69, 9.17) is 21.1 Å². The van der Waals surface area contributed by atoms with Gasteiger partial charge in [0.15, 0.2) is 17.3 Å². The third kappa shape index (κ3) is 4.91. The second-order valence-electron chi connectivity index (χ2n) is 7.35. The van der Waals surface area contributed by atoms with Crippen LogP contribution in [0.25, 0.3) is 17.1 Å². The first-order valence-corrected chi connectivity index (χ1v) is 12.3. The second kappa shape index (κ2) is 10.4. The average molecular weight is 533 g/mol. The lowest BCUT2D eigenvalue weighted by Crippen LogP contribution is -2.32. The van der Waals surface area contributed by atoms with Crippen molar-refractivity contribution in [3.8, 4) is 28.7 Å². The van der Waals surface area contributed by atoms with Gasteiger partial charge in [0.2, 0.25) is 21.9 Å². The van der Waals surface area contributed by atoms with Gasteiger partial charge in [0.25, 0.3) is 0 Å². The van der Waals surface area contributed by atoms with Crippen molar-refractivity contribution in [3.05, 3.63) is 60.0 Å². The number of rotatable bonds is 9. The molecule has 0 aliphatic carbocycles. The van der Waals surface area contributed by atoms with Gasteiger partial charge in [0.1, 0.15) is 17.1 Å². The number of pyridine rings is 2. The number of aromatic nitrogens is 7. The zero-order valence-electron chi connectivity index (χ0n) is 19.3. The fraction of sp³-hybridized carbons (Fsp3) is 0.238. The molecule has 0 aliphatic heterocycles. The van der Waals surface area contributed by atoms with E-state index in [1.165, 1.54) is 44.3 Å². The number of nitrogens with zero attached hydrogens (tertiary/aromatic N) is 7. The molecule has 4 rings (SSSR count). The maximum Gasteiger partial charge on any atom is 0.243 e. The molecule has 13 nitrogen and oxygen atoms in total. The predicted molar refractivity (Wildman–Crippen MR) is 129 cm³/mol. The number of nitrogens with one attached hydrogen (secondary N) is 1. The highest BCUT2D eigenvalue weighted by Gasteiger charge is 2.34. The van der Waals surface area contributed by atoms with E-state index >= 15 is 0 Å². The van der Waals surface area contributed by atoms with Crippen molar-refractivity contribution in [2.24, 2.45) is 0 Å². The highest BCUT2D eigenvalue weighted by Crippen LogP contribution is 2.36. The molecule has 15 heteroatoms. The van der Waals surface area contributed by atoms with Crippen molar-refractivity contribution in [2.45, 2.75) is 18.3 Å². The Morgan fingerprint density at radius 2 is 1.81 bits per heavy atom. The molecule has 0 spiro atoms. The quantitative estimate of drug-likeness (QED) is 0.323. The monoisotopic (exact) mass is 532 g/mol. The highest BCUT2D eigenvalue weighted by atomic mass is 35.5. The molecular weight excluding hydrogens is 512 g/mol. The van der Waals surface area contributed by atoms with E-state index in [1.54, 1.807) is 30.6 Å². The number of aliphatic hydroxyl groups excluding tert-OH is 1. The SMILES string of the molecule is COc1ccnc(OC)c1-n1c(NS(=O)(=O)[C@H](C)[C@@H](O)c2ncc(Cl)cn2)nnc1-c1cccnc1. The summed E-state index contributed by atoms with van der Waals surface area (Å²) < 4.78 is 41.3. The van der Waals surface area contributed by atoms with Crippen LogP contribution in [0.1, 0.15) is 18.9 Å². The smallest absolute Gasteiger partial charge is 0.243 e. The van der Waals surface area contributed by atoms with Crippen molar-refractivity contribution in [1.29, 1.82) is 0 Å². The molecule has 2 N–H and O–H groups in total. The summed E-state index contributed by atoms with van der Waals surface area (Å²) in [5, 5.41) is 17.7. The number of ether oxygens (including phenoxy) is 2. The molecule has 0 aromatic carbocycles. The lowest BCUT2D eigenvalue weighted by Gasteiger charge is -2.20.